The first-order chi connectivity index (χ1) is 10.1. The van der Waals surface area contributed by atoms with Gasteiger partial charge in [-0.1, -0.05) is 0 Å². The molecule has 6 heteroatoms. The molecule has 2 aromatic rings. The molecular weight excluding hydrogens is 266 g/mol. The maximum atomic E-state index is 5.36. The van der Waals surface area contributed by atoms with Gasteiger partial charge in [-0.3, -0.25) is 9.88 Å². The SMILES string of the molecule is Cc1ccc(-c2nc(N3CCN(C(C)C)CC3)no2)cn1. The number of aryl methyl sites for hydroxylation is 1. The maximum Gasteiger partial charge on any atom is 0.266 e. The smallest absolute Gasteiger partial charge is 0.266 e. The van der Waals surface area contributed by atoms with Crippen molar-refractivity contribution in [2.45, 2.75) is 26.8 Å². The monoisotopic (exact) mass is 287 g/mol. The van der Waals surface area contributed by atoms with Crippen molar-refractivity contribution < 1.29 is 4.52 Å². The second kappa shape index (κ2) is 5.81. The minimum absolute atomic E-state index is 0.531. The Bertz CT molecular complexity index is 584. The van der Waals surface area contributed by atoms with Crippen LogP contribution >= 0.6 is 0 Å². The van der Waals surface area contributed by atoms with Gasteiger partial charge in [0.25, 0.3) is 11.8 Å². The van der Waals surface area contributed by atoms with E-state index in [4.69, 9.17) is 4.52 Å². The highest BCUT2D eigenvalue weighted by Gasteiger charge is 2.22. The molecule has 0 unspecified atom stereocenters. The summed E-state index contributed by atoms with van der Waals surface area (Å²) in [5.74, 6) is 1.21. The molecule has 0 aliphatic carbocycles. The Morgan fingerprint density at radius 1 is 1.14 bits per heavy atom. The molecule has 3 rings (SSSR count). The number of hydrogen-bond donors (Lipinski definition) is 0. The highest BCUT2D eigenvalue weighted by molar-refractivity contribution is 5.53. The Balaban J connectivity index is 1.70. The van der Waals surface area contributed by atoms with Gasteiger partial charge in [0.15, 0.2) is 0 Å². The normalized spacial score (nSPS) is 16.7. The molecular formula is C15H21N5O. The van der Waals surface area contributed by atoms with Gasteiger partial charge in [-0.2, -0.15) is 4.98 Å². The first-order valence-electron chi connectivity index (χ1n) is 7.39. The molecule has 2 aromatic heterocycles. The minimum atomic E-state index is 0.531. The van der Waals surface area contributed by atoms with Crippen molar-refractivity contribution >= 4 is 5.95 Å². The fraction of sp³-hybridized carbons (Fsp3) is 0.533. The largest absolute Gasteiger partial charge is 0.336 e. The Kier molecular flexibility index (Phi) is 3.88. The zero-order chi connectivity index (χ0) is 14.8. The molecule has 0 saturated carbocycles. The van der Waals surface area contributed by atoms with Gasteiger partial charge in [-0.05, 0) is 38.1 Å². The van der Waals surface area contributed by atoms with E-state index >= 15 is 0 Å². The Morgan fingerprint density at radius 2 is 1.90 bits per heavy atom. The Morgan fingerprint density at radius 3 is 2.52 bits per heavy atom. The number of aromatic nitrogens is 3. The molecule has 6 nitrogen and oxygen atoms in total. The number of hydrogen-bond acceptors (Lipinski definition) is 6. The summed E-state index contributed by atoms with van der Waals surface area (Å²) in [6.07, 6.45) is 1.77. The summed E-state index contributed by atoms with van der Waals surface area (Å²) >= 11 is 0. The molecule has 0 aromatic carbocycles. The summed E-state index contributed by atoms with van der Waals surface area (Å²) in [6.45, 7) is 10.4. The van der Waals surface area contributed by atoms with Gasteiger partial charge >= 0.3 is 0 Å². The molecule has 0 spiro atoms. The molecule has 0 N–H and O–H groups in total. The van der Waals surface area contributed by atoms with E-state index in [-0.39, 0.29) is 0 Å². The number of rotatable bonds is 3. The summed E-state index contributed by atoms with van der Waals surface area (Å²) in [5.41, 5.74) is 1.84. The maximum absolute atomic E-state index is 5.36. The predicted molar refractivity (Wildman–Crippen MR) is 81.2 cm³/mol. The minimum Gasteiger partial charge on any atom is -0.336 e. The van der Waals surface area contributed by atoms with Crippen molar-refractivity contribution in [3.63, 3.8) is 0 Å². The zero-order valence-electron chi connectivity index (χ0n) is 12.8. The van der Waals surface area contributed by atoms with Crippen molar-refractivity contribution in [2.75, 3.05) is 31.1 Å². The van der Waals surface area contributed by atoms with Crippen molar-refractivity contribution in [1.82, 2.24) is 20.0 Å². The standard InChI is InChI=1S/C15H21N5O/c1-11(2)19-6-8-20(9-7-19)15-17-14(21-18-15)13-5-4-12(3)16-10-13/h4-5,10-11H,6-9H2,1-3H3. The van der Waals surface area contributed by atoms with E-state index in [0.29, 0.717) is 17.9 Å². The summed E-state index contributed by atoms with van der Waals surface area (Å²) in [5, 5.41) is 4.10. The van der Waals surface area contributed by atoms with Crippen LogP contribution in [0.2, 0.25) is 0 Å². The van der Waals surface area contributed by atoms with Crippen LogP contribution in [-0.4, -0.2) is 52.2 Å². The molecule has 0 radical (unpaired) electrons. The Hall–Kier alpha value is -1.95. The molecule has 1 saturated heterocycles. The average molecular weight is 287 g/mol. The van der Waals surface area contributed by atoms with E-state index in [1.54, 1.807) is 6.20 Å². The lowest BCUT2D eigenvalue weighted by atomic mass is 10.2. The third-order valence-corrected chi connectivity index (χ3v) is 3.90. The van der Waals surface area contributed by atoms with Crippen LogP contribution in [0.4, 0.5) is 5.95 Å². The van der Waals surface area contributed by atoms with E-state index < -0.39 is 0 Å². The van der Waals surface area contributed by atoms with Crippen molar-refractivity contribution in [1.29, 1.82) is 0 Å². The molecule has 0 amide bonds. The topological polar surface area (TPSA) is 58.3 Å². The van der Waals surface area contributed by atoms with Crippen LogP contribution < -0.4 is 4.90 Å². The summed E-state index contributed by atoms with van der Waals surface area (Å²) in [6, 6.07) is 4.49. The zero-order valence-corrected chi connectivity index (χ0v) is 12.8. The van der Waals surface area contributed by atoms with Crippen molar-refractivity contribution in [3.05, 3.63) is 24.0 Å². The van der Waals surface area contributed by atoms with E-state index in [9.17, 15) is 0 Å². The van der Waals surface area contributed by atoms with Crippen LogP contribution in [0.5, 0.6) is 0 Å². The summed E-state index contributed by atoms with van der Waals surface area (Å²) < 4.78 is 5.36. The number of anilines is 1. The van der Waals surface area contributed by atoms with E-state index in [1.807, 2.05) is 19.1 Å². The number of pyridine rings is 1. The van der Waals surface area contributed by atoms with E-state index in [2.05, 4.69) is 38.8 Å². The van der Waals surface area contributed by atoms with Gasteiger partial charge in [0.1, 0.15) is 0 Å². The summed E-state index contributed by atoms with van der Waals surface area (Å²) in [7, 11) is 0. The lowest BCUT2D eigenvalue weighted by Gasteiger charge is -2.36. The van der Waals surface area contributed by atoms with Crippen LogP contribution in [0.1, 0.15) is 19.5 Å². The highest BCUT2D eigenvalue weighted by atomic mass is 16.5. The molecule has 0 bridgehead atoms. The fourth-order valence-electron chi connectivity index (χ4n) is 2.49. The molecule has 0 atom stereocenters. The molecule has 1 aliphatic heterocycles. The molecule has 1 fully saturated rings. The number of nitrogens with zero attached hydrogens (tertiary/aromatic N) is 5. The van der Waals surface area contributed by atoms with Crippen molar-refractivity contribution in [3.8, 4) is 11.5 Å². The first kappa shape index (κ1) is 14.0. The second-order valence-electron chi connectivity index (χ2n) is 5.70. The molecule has 3 heterocycles. The van der Waals surface area contributed by atoms with Crippen LogP contribution in [0.3, 0.4) is 0 Å². The number of piperazine rings is 1. The fourth-order valence-corrected chi connectivity index (χ4v) is 2.49. The third kappa shape index (κ3) is 3.05. The second-order valence-corrected chi connectivity index (χ2v) is 5.70. The van der Waals surface area contributed by atoms with Crippen LogP contribution in [0.15, 0.2) is 22.9 Å². The van der Waals surface area contributed by atoms with Gasteiger partial charge < -0.3 is 9.42 Å². The van der Waals surface area contributed by atoms with Gasteiger partial charge in [0.05, 0.1) is 5.56 Å². The lowest BCUT2D eigenvalue weighted by Crippen LogP contribution is -2.49. The van der Waals surface area contributed by atoms with Gasteiger partial charge in [-0.15, -0.1) is 0 Å². The van der Waals surface area contributed by atoms with E-state index in [1.165, 1.54) is 0 Å². The Labute approximate surface area is 124 Å². The lowest BCUT2D eigenvalue weighted by molar-refractivity contribution is 0.208. The van der Waals surface area contributed by atoms with Gasteiger partial charge in [0, 0.05) is 44.1 Å². The molecule has 21 heavy (non-hydrogen) atoms. The third-order valence-electron chi connectivity index (χ3n) is 3.90. The highest BCUT2D eigenvalue weighted by Crippen LogP contribution is 2.20. The van der Waals surface area contributed by atoms with Crippen LogP contribution in [0, 0.1) is 6.92 Å². The van der Waals surface area contributed by atoms with Crippen molar-refractivity contribution in [2.24, 2.45) is 0 Å². The van der Waals surface area contributed by atoms with Gasteiger partial charge in [-0.25, -0.2) is 0 Å². The first-order valence-corrected chi connectivity index (χ1v) is 7.39. The van der Waals surface area contributed by atoms with Gasteiger partial charge in [0.2, 0.25) is 0 Å². The predicted octanol–water partition coefficient (Wildman–Crippen LogP) is 1.97. The van der Waals surface area contributed by atoms with Crippen LogP contribution in [-0.2, 0) is 0 Å². The quantitative estimate of drug-likeness (QED) is 0.860. The molecule has 112 valence electrons. The average Bonchev–Trinajstić information content (AvgIpc) is 2.98. The summed E-state index contributed by atoms with van der Waals surface area (Å²) in [4.78, 5) is 13.4. The van der Waals surface area contributed by atoms with Crippen LogP contribution in [0.25, 0.3) is 11.5 Å². The molecule has 1 aliphatic rings. The van der Waals surface area contributed by atoms with E-state index in [0.717, 1.165) is 37.4 Å².